The fourth-order valence-corrected chi connectivity index (χ4v) is 3.28. The Morgan fingerprint density at radius 2 is 2.00 bits per heavy atom. The summed E-state index contributed by atoms with van der Waals surface area (Å²) in [5, 5.41) is 7.38. The highest BCUT2D eigenvalue weighted by Gasteiger charge is 2.24. The molecular weight excluding hydrogens is 321 g/mol. The fraction of sp³-hybridized carbons (Fsp3) is 0.611. The molecule has 2 aliphatic rings. The summed E-state index contributed by atoms with van der Waals surface area (Å²) in [5.41, 5.74) is 0.797. The van der Waals surface area contributed by atoms with Crippen molar-refractivity contribution >= 4 is 11.6 Å². The Morgan fingerprint density at radius 3 is 2.76 bits per heavy atom. The van der Waals surface area contributed by atoms with Gasteiger partial charge in [0.2, 0.25) is 11.8 Å². The zero-order valence-corrected chi connectivity index (χ0v) is 14.5. The number of nitrogens with one attached hydrogen (secondary N) is 1. The summed E-state index contributed by atoms with van der Waals surface area (Å²) in [6.45, 7) is 2.80. The lowest BCUT2D eigenvalue weighted by Crippen LogP contribution is -2.19. The summed E-state index contributed by atoms with van der Waals surface area (Å²) in [7, 11) is 0. The number of hydrogen-bond donors (Lipinski definition) is 1. The van der Waals surface area contributed by atoms with Crippen LogP contribution in [0.25, 0.3) is 0 Å². The van der Waals surface area contributed by atoms with Gasteiger partial charge in [-0.25, -0.2) is 4.98 Å². The molecule has 0 aromatic carbocycles. The van der Waals surface area contributed by atoms with E-state index in [1.54, 1.807) is 6.20 Å². The maximum Gasteiger partial charge on any atom is 0.255 e. The number of halogens is 1. The molecule has 0 atom stereocenters. The lowest BCUT2D eigenvalue weighted by molar-refractivity contribution is 0.178. The molecule has 2 aromatic heterocycles. The highest BCUT2D eigenvalue weighted by molar-refractivity contribution is 5.50. The molecule has 0 saturated heterocycles. The van der Waals surface area contributed by atoms with E-state index in [9.17, 15) is 4.39 Å². The normalized spacial score (nSPS) is 23.4. The molecule has 2 aromatic rings. The molecule has 134 valence electrons. The van der Waals surface area contributed by atoms with Gasteiger partial charge in [0.15, 0.2) is 0 Å². The average molecular weight is 345 g/mol. The number of hydrogen-bond acceptors (Lipinski definition) is 5. The van der Waals surface area contributed by atoms with Gasteiger partial charge in [-0.1, -0.05) is 19.8 Å². The standard InChI is InChI=1S/C18H24FN5O/c1-12-2-4-13(5-3-12)11-25-17-16(19)9-20-18(23-17)22-14-8-21-24(10-14)15-6-7-15/h8-10,12-13,15H,2-7,11H2,1H3,(H,20,22,23)/t12-,13-. The van der Waals surface area contributed by atoms with Gasteiger partial charge in [-0.2, -0.15) is 14.5 Å². The highest BCUT2D eigenvalue weighted by atomic mass is 19.1. The molecule has 2 heterocycles. The molecule has 2 aliphatic carbocycles. The highest BCUT2D eigenvalue weighted by Crippen LogP contribution is 2.34. The lowest BCUT2D eigenvalue weighted by atomic mass is 9.83. The van der Waals surface area contributed by atoms with Crippen molar-refractivity contribution in [1.29, 1.82) is 0 Å². The predicted molar refractivity (Wildman–Crippen MR) is 92.4 cm³/mol. The minimum Gasteiger partial charge on any atom is -0.475 e. The van der Waals surface area contributed by atoms with E-state index in [1.807, 2.05) is 10.9 Å². The van der Waals surface area contributed by atoms with Gasteiger partial charge in [-0.3, -0.25) is 4.68 Å². The molecular formula is C18H24FN5O. The van der Waals surface area contributed by atoms with Gasteiger partial charge in [0.25, 0.3) is 5.88 Å². The van der Waals surface area contributed by atoms with Gasteiger partial charge in [0.05, 0.1) is 30.7 Å². The van der Waals surface area contributed by atoms with E-state index < -0.39 is 5.82 Å². The van der Waals surface area contributed by atoms with Crippen LogP contribution in [0, 0.1) is 17.7 Å². The Morgan fingerprint density at radius 1 is 1.20 bits per heavy atom. The van der Waals surface area contributed by atoms with Crippen molar-refractivity contribution in [1.82, 2.24) is 19.7 Å². The van der Waals surface area contributed by atoms with Gasteiger partial charge in [-0.05, 0) is 37.5 Å². The molecule has 4 rings (SSSR count). The van der Waals surface area contributed by atoms with Crippen LogP contribution in [-0.2, 0) is 0 Å². The predicted octanol–water partition coefficient (Wildman–Crippen LogP) is 4.10. The smallest absolute Gasteiger partial charge is 0.255 e. The SMILES string of the molecule is C[C@H]1CC[C@H](COc2nc(Nc3cnn(C4CC4)c3)ncc2F)CC1. The third-order valence-corrected chi connectivity index (χ3v) is 5.08. The Balaban J connectivity index is 1.37. The van der Waals surface area contributed by atoms with Crippen molar-refractivity contribution in [3.63, 3.8) is 0 Å². The van der Waals surface area contributed by atoms with Crippen LogP contribution in [0.15, 0.2) is 18.6 Å². The van der Waals surface area contributed by atoms with Crippen LogP contribution in [0.1, 0.15) is 51.5 Å². The van der Waals surface area contributed by atoms with Crippen LogP contribution in [0.2, 0.25) is 0 Å². The molecule has 2 saturated carbocycles. The second-order valence-corrected chi connectivity index (χ2v) is 7.35. The fourth-order valence-electron chi connectivity index (χ4n) is 3.28. The van der Waals surface area contributed by atoms with Gasteiger partial charge in [0.1, 0.15) is 0 Å². The third kappa shape index (κ3) is 4.08. The van der Waals surface area contributed by atoms with Crippen molar-refractivity contribution in [2.75, 3.05) is 11.9 Å². The maximum atomic E-state index is 13.9. The maximum absolute atomic E-state index is 13.9. The number of nitrogens with zero attached hydrogens (tertiary/aromatic N) is 4. The van der Waals surface area contributed by atoms with E-state index in [0.717, 1.165) is 30.6 Å². The van der Waals surface area contributed by atoms with Crippen LogP contribution in [0.4, 0.5) is 16.0 Å². The van der Waals surface area contributed by atoms with Crippen LogP contribution in [0.5, 0.6) is 5.88 Å². The molecule has 25 heavy (non-hydrogen) atoms. The first kappa shape index (κ1) is 16.3. The summed E-state index contributed by atoms with van der Waals surface area (Å²) in [4.78, 5) is 8.17. The van der Waals surface area contributed by atoms with Crippen molar-refractivity contribution < 1.29 is 9.13 Å². The quantitative estimate of drug-likeness (QED) is 0.854. The summed E-state index contributed by atoms with van der Waals surface area (Å²) in [6, 6.07) is 0.516. The number of anilines is 2. The van der Waals surface area contributed by atoms with Crippen molar-refractivity contribution in [2.45, 2.75) is 51.5 Å². The molecule has 0 aliphatic heterocycles. The molecule has 0 radical (unpaired) electrons. The summed E-state index contributed by atoms with van der Waals surface area (Å²) in [6.07, 6.45) is 11.9. The second kappa shape index (κ2) is 6.98. The van der Waals surface area contributed by atoms with Gasteiger partial charge < -0.3 is 10.1 Å². The Labute approximate surface area is 146 Å². The van der Waals surface area contributed by atoms with Crippen molar-refractivity contribution in [3.05, 3.63) is 24.4 Å². The minimum absolute atomic E-state index is 0.0192. The van der Waals surface area contributed by atoms with E-state index in [0.29, 0.717) is 24.5 Å². The van der Waals surface area contributed by atoms with Gasteiger partial charge in [0, 0.05) is 6.20 Å². The van der Waals surface area contributed by atoms with Crippen LogP contribution < -0.4 is 10.1 Å². The number of aromatic nitrogens is 4. The zero-order chi connectivity index (χ0) is 17.2. The Bertz CT molecular complexity index is 722. The molecule has 0 spiro atoms. The average Bonchev–Trinajstić information content (AvgIpc) is 3.36. The number of rotatable bonds is 6. The molecule has 6 nitrogen and oxygen atoms in total. The van der Waals surface area contributed by atoms with E-state index in [1.165, 1.54) is 25.7 Å². The molecule has 1 N–H and O–H groups in total. The van der Waals surface area contributed by atoms with Crippen LogP contribution in [0.3, 0.4) is 0 Å². The first-order valence-electron chi connectivity index (χ1n) is 9.14. The van der Waals surface area contributed by atoms with Gasteiger partial charge >= 0.3 is 0 Å². The lowest BCUT2D eigenvalue weighted by Gasteiger charge is -2.25. The monoisotopic (exact) mass is 345 g/mol. The number of ether oxygens (including phenoxy) is 1. The Kier molecular flexibility index (Phi) is 4.55. The van der Waals surface area contributed by atoms with Crippen molar-refractivity contribution in [2.24, 2.45) is 11.8 Å². The molecule has 0 amide bonds. The zero-order valence-electron chi connectivity index (χ0n) is 14.5. The van der Waals surface area contributed by atoms with Gasteiger partial charge in [-0.15, -0.1) is 0 Å². The first-order valence-corrected chi connectivity index (χ1v) is 9.14. The second-order valence-electron chi connectivity index (χ2n) is 7.35. The summed E-state index contributed by atoms with van der Waals surface area (Å²) in [5.74, 6) is 1.09. The molecule has 2 fully saturated rings. The minimum atomic E-state index is -0.525. The van der Waals surface area contributed by atoms with E-state index in [-0.39, 0.29) is 5.88 Å². The van der Waals surface area contributed by atoms with E-state index in [4.69, 9.17) is 4.74 Å². The van der Waals surface area contributed by atoms with Crippen LogP contribution in [-0.4, -0.2) is 26.4 Å². The third-order valence-electron chi connectivity index (χ3n) is 5.08. The van der Waals surface area contributed by atoms with Crippen molar-refractivity contribution in [3.8, 4) is 5.88 Å². The molecule has 0 unspecified atom stereocenters. The Hall–Kier alpha value is -2.18. The van der Waals surface area contributed by atoms with Crippen LogP contribution >= 0.6 is 0 Å². The first-order chi connectivity index (χ1) is 12.2. The largest absolute Gasteiger partial charge is 0.475 e. The topological polar surface area (TPSA) is 64.9 Å². The summed E-state index contributed by atoms with van der Waals surface area (Å²) >= 11 is 0. The summed E-state index contributed by atoms with van der Waals surface area (Å²) < 4.78 is 21.5. The molecule has 7 heteroatoms. The van der Waals surface area contributed by atoms with E-state index >= 15 is 0 Å². The van der Waals surface area contributed by atoms with E-state index in [2.05, 4.69) is 27.3 Å². The molecule has 0 bridgehead atoms.